The predicted molar refractivity (Wildman–Crippen MR) is 48.1 cm³/mol. The first kappa shape index (κ1) is 11.3. The van der Waals surface area contributed by atoms with Gasteiger partial charge in [-0.05, 0) is 27.1 Å². The molecule has 0 aliphatic heterocycles. The molecule has 0 saturated carbocycles. The second-order valence-electron chi connectivity index (χ2n) is 3.11. The van der Waals surface area contributed by atoms with E-state index in [-0.39, 0.29) is 11.6 Å². The summed E-state index contributed by atoms with van der Waals surface area (Å²) in [5, 5.41) is 0. The van der Waals surface area contributed by atoms with Crippen molar-refractivity contribution in [1.29, 1.82) is 0 Å². The van der Waals surface area contributed by atoms with E-state index in [4.69, 9.17) is 0 Å². The number of hydrogen-bond donors (Lipinski definition) is 0. The van der Waals surface area contributed by atoms with E-state index in [1.807, 2.05) is 19.0 Å². The Bertz CT molecular complexity index is 164. The highest BCUT2D eigenvalue weighted by Crippen LogP contribution is 1.95. The zero-order valence-electron chi connectivity index (χ0n) is 8.09. The minimum Gasteiger partial charge on any atom is -0.309 e. The summed E-state index contributed by atoms with van der Waals surface area (Å²) in [4.78, 5) is 23.8. The molecule has 3 heteroatoms. The lowest BCUT2D eigenvalue weighted by Gasteiger charge is -2.07. The summed E-state index contributed by atoms with van der Waals surface area (Å²) in [5.41, 5.74) is 0. The second-order valence-corrected chi connectivity index (χ2v) is 3.11. The van der Waals surface area contributed by atoms with Gasteiger partial charge in [0, 0.05) is 12.8 Å². The minimum absolute atomic E-state index is 0.223. The molecule has 3 nitrogen and oxygen atoms in total. The van der Waals surface area contributed by atoms with Crippen LogP contribution in [0.2, 0.25) is 0 Å². The van der Waals surface area contributed by atoms with Crippen LogP contribution in [0.1, 0.15) is 26.2 Å². The average molecular weight is 171 g/mol. The monoisotopic (exact) mass is 171 g/mol. The number of rotatable bonds is 6. The van der Waals surface area contributed by atoms with E-state index in [1.54, 1.807) is 6.92 Å². The third-order valence-corrected chi connectivity index (χ3v) is 1.64. The second kappa shape index (κ2) is 5.89. The largest absolute Gasteiger partial charge is 0.309 e. The first-order valence-corrected chi connectivity index (χ1v) is 4.28. The molecule has 0 N–H and O–H groups in total. The summed E-state index contributed by atoms with van der Waals surface area (Å²) in [6.07, 6.45) is 1.50. The van der Waals surface area contributed by atoms with Crippen molar-refractivity contribution in [1.82, 2.24) is 4.90 Å². The maximum absolute atomic E-state index is 11.0. The van der Waals surface area contributed by atoms with Gasteiger partial charge in [0.25, 0.3) is 0 Å². The summed E-state index contributed by atoms with van der Waals surface area (Å²) in [5.74, 6) is -0.465. The van der Waals surface area contributed by atoms with Crippen molar-refractivity contribution in [3.05, 3.63) is 0 Å². The van der Waals surface area contributed by atoms with Crippen LogP contribution in [-0.4, -0.2) is 37.1 Å². The molecule has 0 atom stereocenters. The first-order chi connectivity index (χ1) is 5.57. The van der Waals surface area contributed by atoms with E-state index in [2.05, 4.69) is 0 Å². The summed E-state index contributed by atoms with van der Waals surface area (Å²) >= 11 is 0. The Hall–Kier alpha value is -0.700. The van der Waals surface area contributed by atoms with Crippen molar-refractivity contribution in [2.24, 2.45) is 0 Å². The normalized spacial score (nSPS) is 10.3. The number of carbonyl (C=O) groups is 2. The van der Waals surface area contributed by atoms with E-state index in [0.29, 0.717) is 12.8 Å². The number of Topliss-reactive ketones (excluding diaryl/α,β-unsaturated/α-hetero) is 2. The SMILES string of the molecule is CCC(=O)C(=O)CCCN(C)C. The predicted octanol–water partition coefficient (Wildman–Crippen LogP) is 0.876. The first-order valence-electron chi connectivity index (χ1n) is 4.28. The van der Waals surface area contributed by atoms with Crippen LogP contribution in [-0.2, 0) is 9.59 Å². The van der Waals surface area contributed by atoms with Crippen molar-refractivity contribution < 1.29 is 9.59 Å². The highest BCUT2D eigenvalue weighted by molar-refractivity contribution is 6.37. The highest BCUT2D eigenvalue weighted by atomic mass is 16.2. The standard InChI is InChI=1S/C9H17NO2/c1-4-8(11)9(12)6-5-7-10(2)3/h4-7H2,1-3H3. The van der Waals surface area contributed by atoms with Gasteiger partial charge in [-0.1, -0.05) is 6.92 Å². The fraction of sp³-hybridized carbons (Fsp3) is 0.778. The minimum atomic E-state index is -0.242. The lowest BCUT2D eigenvalue weighted by Crippen LogP contribution is -2.17. The molecule has 0 aliphatic carbocycles. The third-order valence-electron chi connectivity index (χ3n) is 1.64. The van der Waals surface area contributed by atoms with Crippen LogP contribution in [0.3, 0.4) is 0 Å². The topological polar surface area (TPSA) is 37.4 Å². The van der Waals surface area contributed by atoms with Gasteiger partial charge < -0.3 is 4.90 Å². The fourth-order valence-corrected chi connectivity index (χ4v) is 0.892. The molecule has 0 amide bonds. The summed E-state index contributed by atoms with van der Waals surface area (Å²) < 4.78 is 0. The Balaban J connectivity index is 3.51. The highest BCUT2D eigenvalue weighted by Gasteiger charge is 2.09. The summed E-state index contributed by atoms with van der Waals surface area (Å²) in [6, 6.07) is 0. The van der Waals surface area contributed by atoms with Crippen molar-refractivity contribution in [3.8, 4) is 0 Å². The Morgan fingerprint density at radius 3 is 2.17 bits per heavy atom. The molecule has 0 aliphatic rings. The number of carbonyl (C=O) groups excluding carboxylic acids is 2. The number of ketones is 2. The van der Waals surface area contributed by atoms with Gasteiger partial charge in [0.1, 0.15) is 0 Å². The lowest BCUT2D eigenvalue weighted by molar-refractivity contribution is -0.136. The summed E-state index contributed by atoms with van der Waals surface area (Å²) in [7, 11) is 3.90. The molecule has 0 unspecified atom stereocenters. The van der Waals surface area contributed by atoms with Gasteiger partial charge in [0.2, 0.25) is 0 Å². The lowest BCUT2D eigenvalue weighted by atomic mass is 10.1. The van der Waals surface area contributed by atoms with Crippen molar-refractivity contribution >= 4 is 11.6 Å². The van der Waals surface area contributed by atoms with E-state index in [1.165, 1.54) is 0 Å². The number of hydrogen-bond acceptors (Lipinski definition) is 3. The molecule has 0 fully saturated rings. The quantitative estimate of drug-likeness (QED) is 0.557. The fourth-order valence-electron chi connectivity index (χ4n) is 0.892. The molecule has 70 valence electrons. The van der Waals surface area contributed by atoms with Gasteiger partial charge in [-0.25, -0.2) is 0 Å². The molecule has 0 saturated heterocycles. The zero-order valence-corrected chi connectivity index (χ0v) is 8.09. The van der Waals surface area contributed by atoms with Gasteiger partial charge in [-0.3, -0.25) is 9.59 Å². The smallest absolute Gasteiger partial charge is 0.198 e. The molecule has 0 aromatic rings. The van der Waals surface area contributed by atoms with Crippen LogP contribution < -0.4 is 0 Å². The molecule has 0 radical (unpaired) electrons. The van der Waals surface area contributed by atoms with Crippen LogP contribution in [0.5, 0.6) is 0 Å². The summed E-state index contributed by atoms with van der Waals surface area (Å²) in [6.45, 7) is 2.58. The molecule has 0 aromatic heterocycles. The van der Waals surface area contributed by atoms with Crippen molar-refractivity contribution in [2.45, 2.75) is 26.2 Å². The van der Waals surface area contributed by atoms with E-state index < -0.39 is 0 Å². The van der Waals surface area contributed by atoms with Crippen LogP contribution >= 0.6 is 0 Å². The van der Waals surface area contributed by atoms with Crippen molar-refractivity contribution in [2.75, 3.05) is 20.6 Å². The Morgan fingerprint density at radius 1 is 1.17 bits per heavy atom. The molecular weight excluding hydrogens is 154 g/mol. The maximum Gasteiger partial charge on any atom is 0.198 e. The molecule has 0 bridgehead atoms. The van der Waals surface area contributed by atoms with Crippen molar-refractivity contribution in [3.63, 3.8) is 0 Å². The van der Waals surface area contributed by atoms with Crippen LogP contribution in [0.15, 0.2) is 0 Å². The van der Waals surface area contributed by atoms with Crippen LogP contribution in [0, 0.1) is 0 Å². The molecular formula is C9H17NO2. The van der Waals surface area contributed by atoms with E-state index in [0.717, 1.165) is 13.0 Å². The Morgan fingerprint density at radius 2 is 1.75 bits per heavy atom. The number of nitrogens with zero attached hydrogens (tertiary/aromatic N) is 1. The van der Waals surface area contributed by atoms with E-state index in [9.17, 15) is 9.59 Å². The average Bonchev–Trinajstić information content (AvgIpc) is 2.02. The Kier molecular flexibility index (Phi) is 5.54. The molecule has 12 heavy (non-hydrogen) atoms. The van der Waals surface area contributed by atoms with E-state index >= 15 is 0 Å². The maximum atomic E-state index is 11.0. The zero-order chi connectivity index (χ0) is 9.56. The molecule has 0 aromatic carbocycles. The van der Waals surface area contributed by atoms with Gasteiger partial charge in [0.15, 0.2) is 11.6 Å². The molecule has 0 spiro atoms. The van der Waals surface area contributed by atoms with Gasteiger partial charge in [0.05, 0.1) is 0 Å². The Labute approximate surface area is 73.7 Å². The molecule has 0 heterocycles. The molecule has 0 rings (SSSR count). The third kappa shape index (κ3) is 5.02. The van der Waals surface area contributed by atoms with Gasteiger partial charge in [-0.2, -0.15) is 0 Å². The van der Waals surface area contributed by atoms with Crippen LogP contribution in [0.25, 0.3) is 0 Å². The van der Waals surface area contributed by atoms with Crippen LogP contribution in [0.4, 0.5) is 0 Å². The van der Waals surface area contributed by atoms with Gasteiger partial charge in [-0.15, -0.1) is 0 Å². The van der Waals surface area contributed by atoms with Gasteiger partial charge >= 0.3 is 0 Å².